The molecule has 0 saturated heterocycles. The first-order valence-electron chi connectivity index (χ1n) is 17.0. The van der Waals surface area contributed by atoms with Gasteiger partial charge in [0, 0.05) is 51.2 Å². The Morgan fingerprint density at radius 3 is 1.27 bits per heavy atom. The summed E-state index contributed by atoms with van der Waals surface area (Å²) in [4.78, 5) is 46.5. The monoisotopic (exact) mass is 1030 g/mol. The molecule has 0 aliphatic carbocycles. The van der Waals surface area contributed by atoms with E-state index in [9.17, 15) is 19.7 Å². The summed E-state index contributed by atoms with van der Waals surface area (Å²) in [6.45, 7) is 1.52. The van der Waals surface area contributed by atoms with Crippen molar-refractivity contribution in [3.8, 4) is 0 Å². The maximum absolute atomic E-state index is 12.1. The zero-order valence-electron chi connectivity index (χ0n) is 31.5. The van der Waals surface area contributed by atoms with E-state index in [0.717, 1.165) is 11.3 Å². The molecule has 0 atom stereocenters. The first-order chi connectivity index (χ1) is 27.8. The summed E-state index contributed by atoms with van der Waals surface area (Å²) < 4.78 is 25.5. The van der Waals surface area contributed by atoms with Crippen LogP contribution in [-0.4, -0.2) is 87.3 Å². The number of rotatable bonds is 21. The smallest absolute Gasteiger partial charge is 0.310 e. The molecule has 22 heteroatoms. The zero-order valence-corrected chi connectivity index (χ0v) is 37.3. The Bertz CT molecular complexity index is 1870. The molecule has 4 aromatic carbocycles. The number of hydrogen-bond donors (Lipinski definition) is 3. The minimum Gasteiger partial charge on any atom is -0.463 e. The van der Waals surface area contributed by atoms with E-state index in [1.807, 2.05) is 30.3 Å². The van der Waals surface area contributed by atoms with Gasteiger partial charge < -0.3 is 44.4 Å². The Balaban J connectivity index is -0.000000976. The van der Waals surface area contributed by atoms with E-state index in [1.165, 1.54) is 0 Å². The topological polar surface area (TPSA) is 220 Å². The number of anilines is 4. The van der Waals surface area contributed by atoms with Crippen LogP contribution < -0.4 is 10.6 Å². The predicted molar refractivity (Wildman–Crippen MR) is 237 cm³/mol. The van der Waals surface area contributed by atoms with Gasteiger partial charge in [-0.05, 0) is 47.5 Å². The van der Waals surface area contributed by atoms with Gasteiger partial charge in [0.15, 0.2) is 0 Å². The number of carbonyl (C=O) groups is 2. The van der Waals surface area contributed by atoms with Gasteiger partial charge in [0.05, 0.1) is 77.3 Å². The molecular formula is C40H52Cl4N4O13Y. The summed E-state index contributed by atoms with van der Waals surface area (Å²) >= 11 is 24.7. The van der Waals surface area contributed by atoms with Gasteiger partial charge in [0.1, 0.15) is 19.8 Å². The van der Waals surface area contributed by atoms with Gasteiger partial charge in [0.2, 0.25) is 0 Å². The van der Waals surface area contributed by atoms with Crippen LogP contribution in [0.1, 0.15) is 33.4 Å². The molecule has 0 aliphatic heterocycles. The van der Waals surface area contributed by atoms with E-state index >= 15 is 0 Å². The summed E-state index contributed by atoms with van der Waals surface area (Å²) in [5.41, 5.74) is 4.08. The van der Waals surface area contributed by atoms with Crippen LogP contribution in [0, 0.1) is 20.2 Å². The molecule has 0 aliphatic rings. The largest absolute Gasteiger partial charge is 0.463 e. The number of hydrogen-bond acceptors (Lipinski definition) is 14. The average molecular weight is 1030 g/mol. The summed E-state index contributed by atoms with van der Waals surface area (Å²) in [7, 11) is 1.60. The van der Waals surface area contributed by atoms with Crippen molar-refractivity contribution in [2.24, 2.45) is 0 Å². The molecule has 0 bridgehead atoms. The second-order valence-electron chi connectivity index (χ2n) is 11.1. The van der Waals surface area contributed by atoms with Gasteiger partial charge in [-0.2, -0.15) is 0 Å². The molecule has 0 unspecified atom stereocenters. The summed E-state index contributed by atoms with van der Waals surface area (Å²) in [5.74, 6) is -0.774. The summed E-state index contributed by atoms with van der Waals surface area (Å²) in [6, 6.07) is 25.1. The Morgan fingerprint density at radius 2 is 0.919 bits per heavy atom. The molecular weight excluding hydrogens is 975 g/mol. The number of nitrogens with zero attached hydrogens (tertiary/aromatic N) is 2. The van der Waals surface area contributed by atoms with Crippen molar-refractivity contribution in [3.63, 3.8) is 0 Å². The number of ether oxygens (including phenoxy) is 5. The van der Waals surface area contributed by atoms with Crippen molar-refractivity contribution < 1.29 is 86.2 Å². The fourth-order valence-corrected chi connectivity index (χ4v) is 5.44. The fourth-order valence-electron chi connectivity index (χ4n) is 4.46. The van der Waals surface area contributed by atoms with E-state index in [-0.39, 0.29) is 107 Å². The minimum atomic E-state index is -1.50. The second-order valence-corrected chi connectivity index (χ2v) is 12.7. The van der Waals surface area contributed by atoms with Crippen molar-refractivity contribution in [2.75, 3.05) is 70.6 Å². The number of carbonyl (C=O) groups excluding carboxylic acids is 2. The summed E-state index contributed by atoms with van der Waals surface area (Å²) in [6.07, 6.45) is 0.166. The number of benzene rings is 4. The van der Waals surface area contributed by atoms with Crippen molar-refractivity contribution in [3.05, 3.63) is 136 Å². The van der Waals surface area contributed by atoms with E-state index < -0.39 is 16.1 Å². The van der Waals surface area contributed by atoms with Gasteiger partial charge in [-0.3, -0.25) is 9.59 Å². The minimum absolute atomic E-state index is 0. The van der Waals surface area contributed by atoms with Crippen LogP contribution in [0.15, 0.2) is 84.9 Å². The molecule has 4 aromatic rings. The molecule has 0 heterocycles. The molecule has 0 fully saturated rings. The maximum atomic E-state index is 12.1. The van der Waals surface area contributed by atoms with Crippen LogP contribution in [0.25, 0.3) is 0 Å². The normalized spacial score (nSPS) is 9.50. The number of para-hydroxylation sites is 4. The Kier molecular flexibility index (Phi) is 36.6. The SMILES string of the molecule is C.C.C.COCCOCCOC(=O)Cc1ccccc1Nc1c(Cl)cccc1Cl.O=C(Cc1ccccc1Nc1c(Cl)cccc1Cl)OCCOCCO[N+](=O)[O-].O=[N+]([O-])O.[Y]. The first-order valence-corrected chi connectivity index (χ1v) is 18.5. The molecule has 0 aromatic heterocycles. The van der Waals surface area contributed by atoms with E-state index in [0.29, 0.717) is 62.5 Å². The van der Waals surface area contributed by atoms with Crippen LogP contribution in [-0.2, 0) is 83.7 Å². The Morgan fingerprint density at radius 1 is 0.581 bits per heavy atom. The molecule has 0 amide bonds. The predicted octanol–water partition coefficient (Wildman–Crippen LogP) is 10.1. The number of esters is 2. The molecule has 341 valence electrons. The Labute approximate surface area is 406 Å². The van der Waals surface area contributed by atoms with Gasteiger partial charge >= 0.3 is 11.9 Å². The maximum Gasteiger partial charge on any atom is 0.310 e. The van der Waals surface area contributed by atoms with Crippen LogP contribution >= 0.6 is 46.4 Å². The number of methoxy groups -OCH3 is 1. The second kappa shape index (κ2) is 36.4. The fraction of sp³-hybridized carbons (Fsp3) is 0.350. The standard InChI is InChI=1S/C19H21Cl2NO4.C18H18Cl2N2O6.3CH4.HNO3.Y/c1-24-9-10-25-11-12-26-18(23)13-14-5-2-3-8-17(14)22-19-15(20)6-4-7-16(19)21;19-14-5-3-6-15(20)18(14)21-16-7-2-1-4-13(16)12-17(23)27-10-8-26-9-11-28-22(24)25;;;;2-1(3)4;/h2-8,22H,9-13H2,1H3;1-7,21H,8-12H2;3*1H4;(H,2,3,4);. The third kappa shape index (κ3) is 26.4. The zero-order chi connectivity index (χ0) is 42.7. The van der Waals surface area contributed by atoms with Crippen LogP contribution in [0.3, 0.4) is 0 Å². The third-order valence-corrected chi connectivity index (χ3v) is 8.25. The molecule has 1 radical (unpaired) electrons. The molecule has 3 N–H and O–H groups in total. The quantitative estimate of drug-likeness (QED) is 0.0306. The van der Waals surface area contributed by atoms with Crippen molar-refractivity contribution in [2.45, 2.75) is 35.1 Å². The molecule has 0 spiro atoms. The molecule has 0 saturated carbocycles. The van der Waals surface area contributed by atoms with Gasteiger partial charge in [0.25, 0.3) is 10.2 Å². The van der Waals surface area contributed by atoms with E-state index in [1.54, 1.807) is 61.7 Å². The van der Waals surface area contributed by atoms with Crippen LogP contribution in [0.2, 0.25) is 20.1 Å². The van der Waals surface area contributed by atoms with E-state index in [2.05, 4.69) is 15.5 Å². The molecule has 4 rings (SSSR count). The summed E-state index contributed by atoms with van der Waals surface area (Å²) in [5, 5.41) is 31.0. The van der Waals surface area contributed by atoms with Gasteiger partial charge in [-0.25, -0.2) is 0 Å². The van der Waals surface area contributed by atoms with E-state index in [4.69, 9.17) is 85.4 Å². The number of nitrogens with one attached hydrogen (secondary N) is 2. The Hall–Kier alpha value is -4.04. The van der Waals surface area contributed by atoms with Crippen molar-refractivity contribution in [1.82, 2.24) is 0 Å². The number of halogens is 4. The van der Waals surface area contributed by atoms with Gasteiger partial charge in [-0.15, -0.1) is 20.2 Å². The third-order valence-electron chi connectivity index (χ3n) is 6.99. The average Bonchev–Trinajstić information content (AvgIpc) is 3.17. The van der Waals surface area contributed by atoms with Gasteiger partial charge in [-0.1, -0.05) is 117 Å². The molecule has 62 heavy (non-hydrogen) atoms. The van der Waals surface area contributed by atoms with Crippen LogP contribution in [0.4, 0.5) is 22.7 Å². The van der Waals surface area contributed by atoms with Crippen molar-refractivity contribution in [1.29, 1.82) is 0 Å². The molecule has 17 nitrogen and oxygen atoms in total. The van der Waals surface area contributed by atoms with Crippen molar-refractivity contribution >= 4 is 81.1 Å². The first kappa shape index (κ1) is 62.3. The van der Waals surface area contributed by atoms with Crippen LogP contribution in [0.5, 0.6) is 0 Å².